The van der Waals surface area contributed by atoms with Gasteiger partial charge >= 0.3 is 0 Å². The van der Waals surface area contributed by atoms with E-state index in [1.54, 1.807) is 42.5 Å². The summed E-state index contributed by atoms with van der Waals surface area (Å²) in [6.45, 7) is 0. The van der Waals surface area contributed by atoms with E-state index in [-0.39, 0.29) is 17.2 Å². The van der Waals surface area contributed by atoms with Crippen molar-refractivity contribution in [3.63, 3.8) is 0 Å². The number of benzene rings is 3. The highest BCUT2D eigenvalue weighted by Gasteiger charge is 2.11. The molecule has 8 heteroatoms. The minimum Gasteiger partial charge on any atom is -0.507 e. The Bertz CT molecular complexity index is 1100. The maximum Gasteiger partial charge on any atom is 0.271 e. The normalized spacial score (nSPS) is 10.7. The zero-order chi connectivity index (χ0) is 20.8. The van der Waals surface area contributed by atoms with Gasteiger partial charge in [0.15, 0.2) is 0 Å². The van der Waals surface area contributed by atoms with E-state index >= 15 is 0 Å². The summed E-state index contributed by atoms with van der Waals surface area (Å²) in [5.74, 6) is -0.893. The molecule has 0 atom stereocenters. The second kappa shape index (κ2) is 9.23. The number of rotatable bonds is 5. The van der Waals surface area contributed by atoms with Gasteiger partial charge in [0.05, 0.1) is 16.8 Å². The molecular formula is C21H15Cl2N3O3. The second-order valence-electron chi connectivity index (χ2n) is 5.92. The number of carbonyl (C=O) groups is 2. The van der Waals surface area contributed by atoms with Crippen LogP contribution in [0.25, 0.3) is 0 Å². The Balaban J connectivity index is 1.68. The Labute approximate surface area is 176 Å². The standard InChI is InChI=1S/C21H15Cl2N3O3/c22-15-8-9-19(27)14(10-15)12-24-26-20(28)13-4-3-5-16(11-13)25-21(29)17-6-1-2-7-18(17)23/h1-12,27H,(H,25,29)(H,26,28). The highest BCUT2D eigenvalue weighted by molar-refractivity contribution is 6.34. The number of carbonyl (C=O) groups excluding carboxylic acids is 2. The van der Waals surface area contributed by atoms with Gasteiger partial charge in [0.2, 0.25) is 0 Å². The van der Waals surface area contributed by atoms with Gasteiger partial charge in [0.1, 0.15) is 5.75 Å². The fourth-order valence-corrected chi connectivity index (χ4v) is 2.84. The predicted molar refractivity (Wildman–Crippen MR) is 114 cm³/mol. The first kappa shape index (κ1) is 20.4. The molecule has 3 rings (SSSR count). The minimum atomic E-state index is -0.489. The van der Waals surface area contributed by atoms with Crippen molar-refractivity contribution < 1.29 is 14.7 Å². The summed E-state index contributed by atoms with van der Waals surface area (Å²) in [4.78, 5) is 24.7. The van der Waals surface area contributed by atoms with Gasteiger partial charge in [-0.3, -0.25) is 9.59 Å². The van der Waals surface area contributed by atoms with Gasteiger partial charge < -0.3 is 10.4 Å². The number of phenols is 1. The molecule has 3 aromatic carbocycles. The maximum atomic E-state index is 12.4. The Hall–Kier alpha value is -3.35. The highest BCUT2D eigenvalue weighted by Crippen LogP contribution is 2.20. The number of phenolic OH excluding ortho intramolecular Hbond substituents is 1. The predicted octanol–water partition coefficient (Wildman–Crippen LogP) is 4.72. The number of hydrogen-bond acceptors (Lipinski definition) is 4. The van der Waals surface area contributed by atoms with E-state index in [9.17, 15) is 14.7 Å². The van der Waals surface area contributed by atoms with Crippen LogP contribution in [0.4, 0.5) is 5.69 Å². The van der Waals surface area contributed by atoms with E-state index in [2.05, 4.69) is 15.8 Å². The number of amides is 2. The molecule has 0 unspecified atom stereocenters. The molecule has 3 aromatic rings. The zero-order valence-electron chi connectivity index (χ0n) is 14.9. The molecule has 146 valence electrons. The van der Waals surface area contributed by atoms with Crippen LogP contribution >= 0.6 is 23.2 Å². The van der Waals surface area contributed by atoms with Gasteiger partial charge in [-0.15, -0.1) is 0 Å². The van der Waals surface area contributed by atoms with E-state index in [1.165, 1.54) is 30.5 Å². The lowest BCUT2D eigenvalue weighted by molar-refractivity contribution is 0.0953. The smallest absolute Gasteiger partial charge is 0.271 e. The maximum absolute atomic E-state index is 12.4. The third kappa shape index (κ3) is 5.34. The molecule has 0 aromatic heterocycles. The summed E-state index contributed by atoms with van der Waals surface area (Å²) < 4.78 is 0. The van der Waals surface area contributed by atoms with E-state index in [1.807, 2.05) is 0 Å². The third-order valence-corrected chi connectivity index (χ3v) is 4.43. The first-order valence-corrected chi connectivity index (χ1v) is 9.17. The van der Waals surface area contributed by atoms with E-state index in [0.29, 0.717) is 26.9 Å². The first-order valence-electron chi connectivity index (χ1n) is 8.42. The lowest BCUT2D eigenvalue weighted by Crippen LogP contribution is -2.18. The van der Waals surface area contributed by atoms with Gasteiger partial charge in [-0.25, -0.2) is 5.43 Å². The van der Waals surface area contributed by atoms with Crippen molar-refractivity contribution in [3.05, 3.63) is 93.5 Å². The van der Waals surface area contributed by atoms with Crippen LogP contribution in [0.1, 0.15) is 26.3 Å². The molecule has 0 bridgehead atoms. The molecule has 0 spiro atoms. The molecule has 0 saturated heterocycles. The molecule has 29 heavy (non-hydrogen) atoms. The SMILES string of the molecule is O=C(NN=Cc1cc(Cl)ccc1O)c1cccc(NC(=O)c2ccccc2Cl)c1. The molecule has 0 aliphatic rings. The molecular weight excluding hydrogens is 413 g/mol. The zero-order valence-corrected chi connectivity index (χ0v) is 16.4. The number of anilines is 1. The number of nitrogens with one attached hydrogen (secondary N) is 2. The number of hydrazone groups is 1. The summed E-state index contributed by atoms with van der Waals surface area (Å²) in [6.07, 6.45) is 1.28. The topological polar surface area (TPSA) is 90.8 Å². The number of halogens is 2. The minimum absolute atomic E-state index is 0.0170. The van der Waals surface area contributed by atoms with Gasteiger partial charge in [0, 0.05) is 21.8 Å². The average molecular weight is 428 g/mol. The van der Waals surface area contributed by atoms with Crippen LogP contribution in [0.15, 0.2) is 71.8 Å². The Morgan fingerprint density at radius 1 is 0.931 bits per heavy atom. The largest absolute Gasteiger partial charge is 0.507 e. The van der Waals surface area contributed by atoms with E-state index in [4.69, 9.17) is 23.2 Å². The fraction of sp³-hybridized carbons (Fsp3) is 0. The Morgan fingerprint density at radius 2 is 1.72 bits per heavy atom. The van der Waals surface area contributed by atoms with Crippen molar-refractivity contribution in [2.45, 2.75) is 0 Å². The molecule has 6 nitrogen and oxygen atoms in total. The summed E-state index contributed by atoms with van der Waals surface area (Å²) in [7, 11) is 0. The van der Waals surface area contributed by atoms with Gasteiger partial charge in [-0.05, 0) is 48.5 Å². The lowest BCUT2D eigenvalue weighted by Gasteiger charge is -2.08. The second-order valence-corrected chi connectivity index (χ2v) is 6.76. The van der Waals surface area contributed by atoms with Crippen molar-refractivity contribution in [1.29, 1.82) is 0 Å². The number of aromatic hydroxyl groups is 1. The molecule has 2 amide bonds. The third-order valence-electron chi connectivity index (χ3n) is 3.86. The van der Waals surface area contributed by atoms with E-state index in [0.717, 1.165) is 0 Å². The number of nitrogens with zero attached hydrogens (tertiary/aromatic N) is 1. The van der Waals surface area contributed by atoms with Gasteiger partial charge in [0.25, 0.3) is 11.8 Å². The fourth-order valence-electron chi connectivity index (χ4n) is 2.44. The van der Waals surface area contributed by atoms with Crippen LogP contribution in [-0.2, 0) is 0 Å². The quantitative estimate of drug-likeness (QED) is 0.406. The van der Waals surface area contributed by atoms with Crippen LogP contribution in [-0.4, -0.2) is 23.1 Å². The molecule has 0 radical (unpaired) electrons. The summed E-state index contributed by atoms with van der Waals surface area (Å²) in [5, 5.41) is 17.0. The molecule has 3 N–H and O–H groups in total. The number of hydrogen-bond donors (Lipinski definition) is 3. The summed E-state index contributed by atoms with van der Waals surface area (Å²) in [6, 6.07) is 17.5. The molecule has 0 saturated carbocycles. The van der Waals surface area contributed by atoms with Crippen LogP contribution in [0, 0.1) is 0 Å². The van der Waals surface area contributed by atoms with Crippen molar-refractivity contribution >= 4 is 46.9 Å². The highest BCUT2D eigenvalue weighted by atomic mass is 35.5. The van der Waals surface area contributed by atoms with Crippen LogP contribution in [0.3, 0.4) is 0 Å². The van der Waals surface area contributed by atoms with Crippen LogP contribution in [0.5, 0.6) is 5.75 Å². The van der Waals surface area contributed by atoms with E-state index < -0.39 is 5.91 Å². The summed E-state index contributed by atoms with van der Waals surface area (Å²) in [5.41, 5.74) is 3.76. The van der Waals surface area contributed by atoms with Crippen molar-refractivity contribution in [2.75, 3.05) is 5.32 Å². The molecule has 0 aliphatic carbocycles. The van der Waals surface area contributed by atoms with Crippen LogP contribution in [0.2, 0.25) is 10.0 Å². The Kier molecular flexibility index (Phi) is 6.49. The molecule has 0 aliphatic heterocycles. The lowest BCUT2D eigenvalue weighted by atomic mass is 10.1. The van der Waals surface area contributed by atoms with Crippen molar-refractivity contribution in [1.82, 2.24) is 5.43 Å². The average Bonchev–Trinajstić information content (AvgIpc) is 2.71. The molecule has 0 fully saturated rings. The first-order chi connectivity index (χ1) is 13.9. The summed E-state index contributed by atoms with van der Waals surface area (Å²) >= 11 is 11.9. The van der Waals surface area contributed by atoms with Gasteiger partial charge in [-0.2, -0.15) is 5.10 Å². The van der Waals surface area contributed by atoms with Crippen LogP contribution < -0.4 is 10.7 Å². The molecule has 0 heterocycles. The van der Waals surface area contributed by atoms with Crippen molar-refractivity contribution in [3.8, 4) is 5.75 Å². The monoisotopic (exact) mass is 427 g/mol. The van der Waals surface area contributed by atoms with Gasteiger partial charge in [-0.1, -0.05) is 41.4 Å². The van der Waals surface area contributed by atoms with Crippen molar-refractivity contribution in [2.24, 2.45) is 5.10 Å². The Morgan fingerprint density at radius 3 is 2.52 bits per heavy atom.